The lowest BCUT2D eigenvalue weighted by Gasteiger charge is -2.15. The fourth-order valence-corrected chi connectivity index (χ4v) is 3.50. The third-order valence-corrected chi connectivity index (χ3v) is 4.32. The lowest BCUT2D eigenvalue weighted by atomic mass is 10.2. The van der Waals surface area contributed by atoms with Gasteiger partial charge in [-0.25, -0.2) is 13.1 Å². The average Bonchev–Trinajstić information content (AvgIpc) is 2.25. The van der Waals surface area contributed by atoms with Crippen molar-refractivity contribution in [2.75, 3.05) is 0 Å². The molecule has 2 N–H and O–H groups in total. The number of rotatable bonds is 6. The van der Waals surface area contributed by atoms with Crippen LogP contribution in [0, 0.1) is 0 Å². The molecule has 0 fully saturated rings. The molecule has 0 amide bonds. The molecule has 0 aromatic heterocycles. The molecule has 0 aliphatic carbocycles. The monoisotopic (exact) mass is 325 g/mol. The van der Waals surface area contributed by atoms with Crippen LogP contribution >= 0.6 is 23.2 Å². The normalized spacial score (nSPS) is 13.2. The molecule has 1 atom stereocenters. The molecular weight excluding hydrogens is 313 g/mol. The van der Waals surface area contributed by atoms with Gasteiger partial charge in [0.2, 0.25) is 10.0 Å². The van der Waals surface area contributed by atoms with E-state index in [2.05, 4.69) is 4.72 Å². The van der Waals surface area contributed by atoms with Crippen molar-refractivity contribution in [3.05, 3.63) is 28.2 Å². The van der Waals surface area contributed by atoms with E-state index in [0.717, 1.165) is 0 Å². The predicted molar refractivity (Wildman–Crippen MR) is 73.1 cm³/mol. The number of aliphatic carboxylic acids is 1. The third kappa shape index (κ3) is 4.99. The Kier molecular flexibility index (Phi) is 5.61. The molecule has 19 heavy (non-hydrogen) atoms. The van der Waals surface area contributed by atoms with Gasteiger partial charge in [-0.05, 0) is 24.6 Å². The van der Waals surface area contributed by atoms with Gasteiger partial charge in [-0.15, -0.1) is 0 Å². The highest BCUT2D eigenvalue weighted by molar-refractivity contribution is 7.89. The number of carboxylic acid groups (broad SMARTS) is 1. The molecule has 8 heteroatoms. The van der Waals surface area contributed by atoms with Crippen LogP contribution in [0.1, 0.15) is 19.8 Å². The van der Waals surface area contributed by atoms with Crippen LogP contribution in [0.25, 0.3) is 0 Å². The minimum Gasteiger partial charge on any atom is -0.481 e. The van der Waals surface area contributed by atoms with Crippen molar-refractivity contribution < 1.29 is 18.3 Å². The second-order valence-corrected chi connectivity index (χ2v) is 6.52. The van der Waals surface area contributed by atoms with E-state index in [-0.39, 0.29) is 21.4 Å². The van der Waals surface area contributed by atoms with Gasteiger partial charge in [-0.1, -0.05) is 30.1 Å². The zero-order valence-electron chi connectivity index (χ0n) is 10.1. The first kappa shape index (κ1) is 16.2. The first-order valence-corrected chi connectivity index (χ1v) is 7.68. The van der Waals surface area contributed by atoms with Gasteiger partial charge in [0.05, 0.1) is 11.3 Å². The van der Waals surface area contributed by atoms with Gasteiger partial charge < -0.3 is 5.11 Å². The second-order valence-electron chi connectivity index (χ2n) is 3.93. The molecule has 0 radical (unpaired) electrons. The first-order chi connectivity index (χ1) is 8.74. The highest BCUT2D eigenvalue weighted by Gasteiger charge is 2.21. The number of halogens is 2. The SMILES string of the molecule is CCC(CC(=O)O)NS(=O)(=O)c1cc(Cl)cc(Cl)c1. The van der Waals surface area contributed by atoms with E-state index < -0.39 is 22.0 Å². The van der Waals surface area contributed by atoms with Gasteiger partial charge in [0.25, 0.3) is 0 Å². The molecule has 1 aromatic rings. The van der Waals surface area contributed by atoms with E-state index in [1.807, 2.05) is 0 Å². The highest BCUT2D eigenvalue weighted by atomic mass is 35.5. The average molecular weight is 326 g/mol. The van der Waals surface area contributed by atoms with Crippen LogP contribution in [0.5, 0.6) is 0 Å². The summed E-state index contributed by atoms with van der Waals surface area (Å²) in [5.41, 5.74) is 0. The zero-order valence-corrected chi connectivity index (χ0v) is 12.4. The van der Waals surface area contributed by atoms with E-state index in [1.54, 1.807) is 6.92 Å². The lowest BCUT2D eigenvalue weighted by molar-refractivity contribution is -0.137. The largest absolute Gasteiger partial charge is 0.481 e. The Hall–Kier alpha value is -0.820. The number of carbonyl (C=O) groups is 1. The summed E-state index contributed by atoms with van der Waals surface area (Å²) in [5.74, 6) is -1.07. The third-order valence-electron chi connectivity index (χ3n) is 2.38. The number of hydrogen-bond acceptors (Lipinski definition) is 3. The van der Waals surface area contributed by atoms with Crippen LogP contribution < -0.4 is 4.72 Å². The molecule has 106 valence electrons. The lowest BCUT2D eigenvalue weighted by Crippen LogP contribution is -2.36. The Morgan fingerprint density at radius 3 is 2.26 bits per heavy atom. The summed E-state index contributed by atoms with van der Waals surface area (Å²) in [6, 6.07) is 3.24. The molecule has 0 bridgehead atoms. The van der Waals surface area contributed by atoms with Gasteiger partial charge in [-0.3, -0.25) is 4.79 Å². The van der Waals surface area contributed by atoms with Crippen molar-refractivity contribution in [2.24, 2.45) is 0 Å². The standard InChI is InChI=1S/C11H13Cl2NO4S/c1-2-9(6-11(15)16)14-19(17,18)10-4-7(12)3-8(13)5-10/h3-5,9,14H,2,6H2,1H3,(H,15,16). The van der Waals surface area contributed by atoms with Crippen LogP contribution in [0.2, 0.25) is 10.0 Å². The fourth-order valence-electron chi connectivity index (χ4n) is 1.45. The van der Waals surface area contributed by atoms with Crippen LogP contribution in [0.15, 0.2) is 23.1 Å². The predicted octanol–water partition coefficient (Wildman–Crippen LogP) is 2.53. The molecule has 5 nitrogen and oxygen atoms in total. The van der Waals surface area contributed by atoms with Crippen LogP contribution in [0.4, 0.5) is 0 Å². The summed E-state index contributed by atoms with van der Waals surface area (Å²) in [6.45, 7) is 1.70. The van der Waals surface area contributed by atoms with E-state index in [9.17, 15) is 13.2 Å². The second kappa shape index (κ2) is 6.56. The summed E-state index contributed by atoms with van der Waals surface area (Å²) in [7, 11) is -3.84. The van der Waals surface area contributed by atoms with Crippen molar-refractivity contribution in [3.8, 4) is 0 Å². The minimum absolute atomic E-state index is 0.0890. The molecule has 0 saturated carbocycles. The van der Waals surface area contributed by atoms with Crippen molar-refractivity contribution in [1.82, 2.24) is 4.72 Å². The van der Waals surface area contributed by atoms with Gasteiger partial charge >= 0.3 is 5.97 Å². The number of sulfonamides is 1. The Balaban J connectivity index is 3.00. The van der Waals surface area contributed by atoms with Gasteiger partial charge in [0, 0.05) is 16.1 Å². The topological polar surface area (TPSA) is 83.5 Å². The number of benzene rings is 1. The highest BCUT2D eigenvalue weighted by Crippen LogP contribution is 2.22. The summed E-state index contributed by atoms with van der Waals surface area (Å²) in [5, 5.41) is 9.08. The molecular formula is C11H13Cl2NO4S. The van der Waals surface area contributed by atoms with Gasteiger partial charge in [-0.2, -0.15) is 0 Å². The molecule has 0 spiro atoms. The molecule has 0 saturated heterocycles. The summed E-state index contributed by atoms with van der Waals surface area (Å²) >= 11 is 11.5. The quantitative estimate of drug-likeness (QED) is 0.841. The maximum Gasteiger partial charge on any atom is 0.304 e. The van der Waals surface area contributed by atoms with E-state index in [1.165, 1.54) is 18.2 Å². The van der Waals surface area contributed by atoms with Crippen LogP contribution in [-0.2, 0) is 14.8 Å². The number of carboxylic acids is 1. The molecule has 1 unspecified atom stereocenters. The van der Waals surface area contributed by atoms with E-state index >= 15 is 0 Å². The van der Waals surface area contributed by atoms with Gasteiger partial charge in [0.1, 0.15) is 0 Å². The van der Waals surface area contributed by atoms with Crippen molar-refractivity contribution in [2.45, 2.75) is 30.7 Å². The van der Waals surface area contributed by atoms with Crippen molar-refractivity contribution in [3.63, 3.8) is 0 Å². The van der Waals surface area contributed by atoms with Crippen LogP contribution in [0.3, 0.4) is 0 Å². The van der Waals surface area contributed by atoms with Crippen molar-refractivity contribution in [1.29, 1.82) is 0 Å². The Morgan fingerprint density at radius 1 is 1.32 bits per heavy atom. The Morgan fingerprint density at radius 2 is 1.84 bits per heavy atom. The Bertz CT molecular complexity index is 554. The number of hydrogen-bond donors (Lipinski definition) is 2. The first-order valence-electron chi connectivity index (χ1n) is 5.45. The molecule has 0 aliphatic heterocycles. The number of nitrogens with one attached hydrogen (secondary N) is 1. The molecule has 0 heterocycles. The van der Waals surface area contributed by atoms with E-state index in [0.29, 0.717) is 6.42 Å². The van der Waals surface area contributed by atoms with Gasteiger partial charge in [0.15, 0.2) is 0 Å². The van der Waals surface area contributed by atoms with E-state index in [4.69, 9.17) is 28.3 Å². The summed E-state index contributed by atoms with van der Waals surface area (Å²) in [4.78, 5) is 10.5. The van der Waals surface area contributed by atoms with Crippen LogP contribution in [-0.4, -0.2) is 25.5 Å². The molecule has 0 aliphatic rings. The fraction of sp³-hybridized carbons (Fsp3) is 0.364. The maximum atomic E-state index is 12.1. The smallest absolute Gasteiger partial charge is 0.304 e. The Labute approximate surface area is 121 Å². The maximum absolute atomic E-state index is 12.1. The molecule has 1 rings (SSSR count). The summed E-state index contributed by atoms with van der Waals surface area (Å²) < 4.78 is 26.5. The molecule has 1 aromatic carbocycles. The minimum atomic E-state index is -3.84. The zero-order chi connectivity index (χ0) is 14.6. The van der Waals surface area contributed by atoms with Crippen molar-refractivity contribution >= 4 is 39.2 Å². The summed E-state index contributed by atoms with van der Waals surface area (Å²) in [6.07, 6.45) is 0.0733.